The second-order valence-electron chi connectivity index (χ2n) is 4.22. The predicted octanol–water partition coefficient (Wildman–Crippen LogP) is 2.69. The molecule has 1 fully saturated rings. The van der Waals surface area contributed by atoms with Crippen molar-refractivity contribution in [1.82, 2.24) is 0 Å². The molecule has 0 amide bonds. The zero-order valence-corrected chi connectivity index (χ0v) is 7.90. The third-order valence-electron chi connectivity index (χ3n) is 3.29. The fourth-order valence-electron chi connectivity index (χ4n) is 1.99. The molecule has 0 aliphatic heterocycles. The first-order chi connectivity index (χ1) is 5.18. The van der Waals surface area contributed by atoms with Crippen molar-refractivity contribution in [2.75, 3.05) is 0 Å². The van der Waals surface area contributed by atoms with Crippen LogP contribution in [0.3, 0.4) is 0 Å². The Balaban J connectivity index is 2.22. The van der Waals surface area contributed by atoms with Crippen LogP contribution in [0.1, 0.15) is 52.4 Å². The van der Waals surface area contributed by atoms with Gasteiger partial charge in [-0.15, -0.1) is 0 Å². The van der Waals surface area contributed by atoms with Gasteiger partial charge in [0.15, 0.2) is 0 Å². The monoisotopic (exact) mass is 155 g/mol. The summed E-state index contributed by atoms with van der Waals surface area (Å²) in [5.74, 6) is 0. The molecule has 1 saturated carbocycles. The van der Waals surface area contributed by atoms with Crippen LogP contribution in [0.15, 0.2) is 0 Å². The molecule has 0 aromatic carbocycles. The summed E-state index contributed by atoms with van der Waals surface area (Å²) in [6.45, 7) is 4.43. The van der Waals surface area contributed by atoms with E-state index in [1.54, 1.807) is 0 Å². The number of hydrogen-bond donors (Lipinski definition) is 1. The van der Waals surface area contributed by atoms with Gasteiger partial charge in [0.05, 0.1) is 0 Å². The predicted molar refractivity (Wildman–Crippen MR) is 49.5 cm³/mol. The summed E-state index contributed by atoms with van der Waals surface area (Å²) in [4.78, 5) is 0. The van der Waals surface area contributed by atoms with E-state index in [1.807, 2.05) is 0 Å². The minimum absolute atomic E-state index is 0.402. The molecule has 0 radical (unpaired) electrons. The summed E-state index contributed by atoms with van der Waals surface area (Å²) in [7, 11) is 0. The van der Waals surface area contributed by atoms with E-state index in [0.29, 0.717) is 11.5 Å². The van der Waals surface area contributed by atoms with Crippen LogP contribution in [0, 0.1) is 5.41 Å². The Bertz CT molecular complexity index is 109. The molecule has 0 heterocycles. The first-order valence-corrected chi connectivity index (χ1v) is 4.94. The number of rotatable bonds is 4. The summed E-state index contributed by atoms with van der Waals surface area (Å²) in [5.41, 5.74) is 6.45. The van der Waals surface area contributed by atoms with Crippen molar-refractivity contribution in [3.05, 3.63) is 0 Å². The highest BCUT2D eigenvalue weighted by Crippen LogP contribution is 2.47. The van der Waals surface area contributed by atoms with Crippen molar-refractivity contribution in [3.8, 4) is 0 Å². The highest BCUT2D eigenvalue weighted by molar-refractivity contribution is 4.86. The molecule has 1 aliphatic carbocycles. The molecule has 11 heavy (non-hydrogen) atoms. The molecule has 66 valence electrons. The molecule has 1 rings (SSSR count). The topological polar surface area (TPSA) is 26.0 Å². The fourth-order valence-corrected chi connectivity index (χ4v) is 1.99. The zero-order chi connectivity index (χ0) is 8.32. The third-order valence-corrected chi connectivity index (χ3v) is 3.29. The van der Waals surface area contributed by atoms with Crippen molar-refractivity contribution in [1.29, 1.82) is 0 Å². The minimum atomic E-state index is 0.402. The first-order valence-electron chi connectivity index (χ1n) is 4.94. The average Bonchev–Trinajstić information content (AvgIpc) is 1.86. The van der Waals surface area contributed by atoms with Gasteiger partial charge in [-0.25, -0.2) is 0 Å². The van der Waals surface area contributed by atoms with Crippen molar-refractivity contribution >= 4 is 0 Å². The largest absolute Gasteiger partial charge is 0.328 e. The molecular weight excluding hydrogens is 134 g/mol. The van der Waals surface area contributed by atoms with E-state index >= 15 is 0 Å². The van der Waals surface area contributed by atoms with Crippen LogP contribution < -0.4 is 5.73 Å². The van der Waals surface area contributed by atoms with Gasteiger partial charge in [0, 0.05) is 6.04 Å². The molecule has 1 atom stereocenters. The Morgan fingerprint density at radius 2 is 2.09 bits per heavy atom. The van der Waals surface area contributed by atoms with Crippen LogP contribution in [-0.2, 0) is 0 Å². The van der Waals surface area contributed by atoms with Gasteiger partial charge in [-0.3, -0.25) is 0 Å². The number of nitrogens with two attached hydrogens (primary N) is 1. The molecule has 0 saturated heterocycles. The molecule has 0 aromatic heterocycles. The molecule has 1 heteroatoms. The fraction of sp³-hybridized carbons (Fsp3) is 1.00. The van der Waals surface area contributed by atoms with E-state index in [9.17, 15) is 0 Å². The lowest BCUT2D eigenvalue weighted by Crippen LogP contribution is -2.30. The molecule has 2 N–H and O–H groups in total. The van der Waals surface area contributed by atoms with Gasteiger partial charge < -0.3 is 5.73 Å². The van der Waals surface area contributed by atoms with E-state index in [1.165, 1.54) is 38.5 Å². The van der Waals surface area contributed by atoms with Crippen LogP contribution in [-0.4, -0.2) is 6.04 Å². The maximum atomic E-state index is 5.73. The summed E-state index contributed by atoms with van der Waals surface area (Å²) in [6.07, 6.45) is 8.30. The van der Waals surface area contributed by atoms with E-state index in [0.717, 1.165) is 0 Å². The van der Waals surface area contributed by atoms with Gasteiger partial charge in [-0.05, 0) is 38.0 Å². The van der Waals surface area contributed by atoms with Gasteiger partial charge in [0.1, 0.15) is 0 Å². The molecule has 1 unspecified atom stereocenters. The second kappa shape index (κ2) is 3.57. The van der Waals surface area contributed by atoms with Crippen molar-refractivity contribution < 1.29 is 0 Å². The number of hydrogen-bond acceptors (Lipinski definition) is 1. The Kier molecular flexibility index (Phi) is 2.94. The smallest absolute Gasteiger partial charge is 0.00106 e. The van der Waals surface area contributed by atoms with Crippen LogP contribution in [0.5, 0.6) is 0 Å². The lowest BCUT2D eigenvalue weighted by Gasteiger charge is -2.42. The molecule has 1 nitrogen and oxygen atoms in total. The maximum Gasteiger partial charge on any atom is 0.00106 e. The highest BCUT2D eigenvalue weighted by Gasteiger charge is 2.34. The molecular formula is C10H21N. The summed E-state index contributed by atoms with van der Waals surface area (Å²) >= 11 is 0. The third kappa shape index (κ3) is 2.19. The van der Waals surface area contributed by atoms with Crippen molar-refractivity contribution in [3.63, 3.8) is 0 Å². The van der Waals surface area contributed by atoms with Crippen LogP contribution >= 0.6 is 0 Å². The van der Waals surface area contributed by atoms with E-state index in [-0.39, 0.29) is 0 Å². The van der Waals surface area contributed by atoms with E-state index in [4.69, 9.17) is 5.73 Å². The Morgan fingerprint density at radius 1 is 1.45 bits per heavy atom. The highest BCUT2D eigenvalue weighted by atomic mass is 14.6. The van der Waals surface area contributed by atoms with Gasteiger partial charge in [-0.1, -0.05) is 19.8 Å². The Hall–Kier alpha value is -0.0400. The van der Waals surface area contributed by atoms with Crippen LogP contribution in [0.25, 0.3) is 0 Å². The second-order valence-corrected chi connectivity index (χ2v) is 4.22. The average molecular weight is 155 g/mol. The Morgan fingerprint density at radius 3 is 2.36 bits per heavy atom. The molecule has 0 spiro atoms. The van der Waals surface area contributed by atoms with Gasteiger partial charge in [-0.2, -0.15) is 0 Å². The first kappa shape index (κ1) is 9.05. The van der Waals surface area contributed by atoms with E-state index < -0.39 is 0 Å². The SMILES string of the molecule is CCC1(CCC(C)N)CCC1. The quantitative estimate of drug-likeness (QED) is 0.663. The zero-order valence-electron chi connectivity index (χ0n) is 7.90. The summed E-state index contributed by atoms with van der Waals surface area (Å²) < 4.78 is 0. The minimum Gasteiger partial charge on any atom is -0.328 e. The maximum absolute atomic E-state index is 5.73. The van der Waals surface area contributed by atoms with Crippen molar-refractivity contribution in [2.45, 2.75) is 58.4 Å². The molecule has 1 aliphatic rings. The van der Waals surface area contributed by atoms with Gasteiger partial charge in [0.2, 0.25) is 0 Å². The van der Waals surface area contributed by atoms with E-state index in [2.05, 4.69) is 13.8 Å². The Labute approximate surface area is 70.4 Å². The van der Waals surface area contributed by atoms with Gasteiger partial charge >= 0.3 is 0 Å². The van der Waals surface area contributed by atoms with Gasteiger partial charge in [0.25, 0.3) is 0 Å². The van der Waals surface area contributed by atoms with Crippen LogP contribution in [0.2, 0.25) is 0 Å². The van der Waals surface area contributed by atoms with Crippen molar-refractivity contribution in [2.24, 2.45) is 11.1 Å². The summed E-state index contributed by atoms with van der Waals surface area (Å²) in [6, 6.07) is 0.402. The summed E-state index contributed by atoms with van der Waals surface area (Å²) in [5, 5.41) is 0. The normalized spacial score (nSPS) is 24.3. The molecule has 0 bridgehead atoms. The lowest BCUT2D eigenvalue weighted by atomic mass is 9.64. The standard InChI is InChI=1S/C10H21N/c1-3-10(6-4-7-10)8-5-9(2)11/h9H,3-8,11H2,1-2H3. The van der Waals surface area contributed by atoms with Crippen LogP contribution in [0.4, 0.5) is 0 Å². The lowest BCUT2D eigenvalue weighted by molar-refractivity contribution is 0.108. The molecule has 0 aromatic rings.